The van der Waals surface area contributed by atoms with Crippen LogP contribution in [0.5, 0.6) is 0 Å². The van der Waals surface area contributed by atoms with E-state index < -0.39 is 17.4 Å². The molecule has 0 bridgehead atoms. The highest BCUT2D eigenvalue weighted by Crippen LogP contribution is 2.29. The van der Waals surface area contributed by atoms with Gasteiger partial charge >= 0.3 is 5.97 Å². The Labute approximate surface area is 136 Å². The summed E-state index contributed by atoms with van der Waals surface area (Å²) >= 11 is 7.49. The second kappa shape index (κ2) is 6.58. The fraction of sp³-hybridized carbons (Fsp3) is 0.357. The lowest BCUT2D eigenvalue weighted by Crippen LogP contribution is -2.54. The van der Waals surface area contributed by atoms with E-state index in [0.717, 1.165) is 0 Å². The Morgan fingerprint density at radius 2 is 2.09 bits per heavy atom. The van der Waals surface area contributed by atoms with Gasteiger partial charge in [-0.3, -0.25) is 9.59 Å². The first-order chi connectivity index (χ1) is 10.3. The molecule has 1 aromatic rings. The second-order valence-corrected chi connectivity index (χ2v) is 6.53. The third-order valence-electron chi connectivity index (χ3n) is 3.32. The number of carbonyl (C=O) groups excluding carboxylic acids is 2. The highest BCUT2D eigenvalue weighted by atomic mass is 35.5. The Kier molecular flexibility index (Phi) is 4.97. The van der Waals surface area contributed by atoms with Crippen molar-refractivity contribution in [3.8, 4) is 0 Å². The molecule has 118 valence electrons. The molecule has 3 N–H and O–H groups in total. The Morgan fingerprint density at radius 3 is 2.64 bits per heavy atom. The summed E-state index contributed by atoms with van der Waals surface area (Å²) in [7, 11) is 0. The average Bonchev–Trinajstić information content (AvgIpc) is 2.90. The van der Waals surface area contributed by atoms with Gasteiger partial charge in [-0.2, -0.15) is 11.8 Å². The van der Waals surface area contributed by atoms with Gasteiger partial charge < -0.3 is 15.7 Å². The fourth-order valence-electron chi connectivity index (χ4n) is 2.15. The molecule has 1 saturated heterocycles. The number of benzene rings is 1. The van der Waals surface area contributed by atoms with Gasteiger partial charge in [0.05, 0.1) is 10.6 Å². The van der Waals surface area contributed by atoms with E-state index in [9.17, 15) is 19.5 Å². The van der Waals surface area contributed by atoms with Crippen molar-refractivity contribution in [2.75, 3.05) is 16.8 Å². The monoisotopic (exact) mass is 342 g/mol. The maximum Gasteiger partial charge on any atom is 0.330 e. The molecule has 0 spiro atoms. The first-order valence-corrected chi connectivity index (χ1v) is 8.08. The maximum absolute atomic E-state index is 12.4. The van der Waals surface area contributed by atoms with E-state index in [-0.39, 0.29) is 16.5 Å². The number of aliphatic carboxylic acids is 1. The number of hydrogen-bond donors (Lipinski definition) is 3. The maximum atomic E-state index is 12.4. The second-order valence-electron chi connectivity index (χ2n) is 5.02. The molecule has 1 aliphatic rings. The Hall–Kier alpha value is -1.73. The Bertz CT molecular complexity index is 629. The van der Waals surface area contributed by atoms with Crippen molar-refractivity contribution < 1.29 is 19.5 Å². The fourth-order valence-corrected chi connectivity index (χ4v) is 3.68. The third kappa shape index (κ3) is 3.53. The first kappa shape index (κ1) is 16.6. The van der Waals surface area contributed by atoms with E-state index in [2.05, 4.69) is 10.6 Å². The largest absolute Gasteiger partial charge is 0.479 e. The average molecular weight is 343 g/mol. The molecule has 2 amide bonds. The molecule has 22 heavy (non-hydrogen) atoms. The van der Waals surface area contributed by atoms with E-state index in [1.807, 2.05) is 0 Å². The molecule has 0 aromatic heterocycles. The van der Waals surface area contributed by atoms with Crippen molar-refractivity contribution in [3.05, 3.63) is 28.8 Å². The van der Waals surface area contributed by atoms with Crippen molar-refractivity contribution in [1.82, 2.24) is 5.32 Å². The predicted octanol–water partition coefficient (Wildman–Crippen LogP) is 1.99. The van der Waals surface area contributed by atoms with Crippen LogP contribution in [0.1, 0.15) is 23.7 Å². The summed E-state index contributed by atoms with van der Waals surface area (Å²) in [5, 5.41) is 14.7. The van der Waals surface area contributed by atoms with Crippen molar-refractivity contribution in [1.29, 1.82) is 0 Å². The number of amides is 2. The molecule has 0 radical (unpaired) electrons. The number of thioether (sulfide) groups is 1. The number of anilines is 1. The topological polar surface area (TPSA) is 95.5 Å². The molecule has 1 unspecified atom stereocenters. The third-order valence-corrected chi connectivity index (χ3v) is 4.83. The number of halogens is 1. The van der Waals surface area contributed by atoms with E-state index in [1.165, 1.54) is 30.8 Å². The lowest BCUT2D eigenvalue weighted by Gasteiger charge is -2.24. The summed E-state index contributed by atoms with van der Waals surface area (Å²) in [6.07, 6.45) is 0.363. The summed E-state index contributed by atoms with van der Waals surface area (Å²) in [5.74, 6) is -0.909. The highest BCUT2D eigenvalue weighted by molar-refractivity contribution is 7.99. The summed E-state index contributed by atoms with van der Waals surface area (Å²) in [6.45, 7) is 1.35. The van der Waals surface area contributed by atoms with Gasteiger partial charge in [0.15, 0.2) is 0 Å². The molecule has 1 aliphatic heterocycles. The van der Waals surface area contributed by atoms with Crippen LogP contribution in [-0.4, -0.2) is 39.9 Å². The van der Waals surface area contributed by atoms with E-state index in [0.29, 0.717) is 23.6 Å². The number of hydrogen-bond acceptors (Lipinski definition) is 4. The van der Waals surface area contributed by atoms with Gasteiger partial charge in [0.25, 0.3) is 5.91 Å². The van der Waals surface area contributed by atoms with Crippen LogP contribution in [0.25, 0.3) is 0 Å². The summed E-state index contributed by atoms with van der Waals surface area (Å²) < 4.78 is 0. The zero-order valence-electron chi connectivity index (χ0n) is 11.8. The molecule has 8 heteroatoms. The van der Waals surface area contributed by atoms with Gasteiger partial charge in [0.2, 0.25) is 5.91 Å². The van der Waals surface area contributed by atoms with Crippen LogP contribution < -0.4 is 10.6 Å². The quantitative estimate of drug-likeness (QED) is 0.777. The van der Waals surface area contributed by atoms with Crippen LogP contribution in [0, 0.1) is 0 Å². The summed E-state index contributed by atoms with van der Waals surface area (Å²) in [6, 6.07) is 4.48. The van der Waals surface area contributed by atoms with Crippen LogP contribution in [0.15, 0.2) is 18.2 Å². The lowest BCUT2D eigenvalue weighted by atomic mass is 9.98. The molecule has 1 fully saturated rings. The summed E-state index contributed by atoms with van der Waals surface area (Å²) in [5.41, 5.74) is -0.715. The van der Waals surface area contributed by atoms with Gasteiger partial charge in [-0.1, -0.05) is 11.6 Å². The predicted molar refractivity (Wildman–Crippen MR) is 85.5 cm³/mol. The number of rotatable bonds is 4. The van der Waals surface area contributed by atoms with Gasteiger partial charge in [0.1, 0.15) is 5.54 Å². The molecular formula is C14H15ClN2O4S. The Balaban J connectivity index is 2.25. The van der Waals surface area contributed by atoms with Crippen LogP contribution in [0.3, 0.4) is 0 Å². The van der Waals surface area contributed by atoms with Gasteiger partial charge in [-0.25, -0.2) is 4.79 Å². The molecule has 0 aliphatic carbocycles. The van der Waals surface area contributed by atoms with E-state index in [1.54, 1.807) is 6.07 Å². The SMILES string of the molecule is CC(=O)Nc1ccc(Cl)c(C(=O)NC2(C(=O)O)CCSC2)c1. The molecule has 1 atom stereocenters. The van der Waals surface area contributed by atoms with E-state index in [4.69, 9.17) is 11.6 Å². The van der Waals surface area contributed by atoms with Crippen molar-refractivity contribution in [2.24, 2.45) is 0 Å². The van der Waals surface area contributed by atoms with Gasteiger partial charge in [-0.05, 0) is 30.4 Å². The highest BCUT2D eigenvalue weighted by Gasteiger charge is 2.43. The zero-order chi connectivity index (χ0) is 16.3. The van der Waals surface area contributed by atoms with E-state index >= 15 is 0 Å². The molecular weight excluding hydrogens is 328 g/mol. The summed E-state index contributed by atoms with van der Waals surface area (Å²) in [4.78, 5) is 34.9. The Morgan fingerprint density at radius 1 is 1.36 bits per heavy atom. The van der Waals surface area contributed by atoms with Gasteiger partial charge in [0, 0.05) is 18.4 Å². The zero-order valence-corrected chi connectivity index (χ0v) is 13.4. The van der Waals surface area contributed by atoms with Gasteiger partial charge in [-0.15, -0.1) is 0 Å². The standard InChI is InChI=1S/C14H15ClN2O4S/c1-8(18)16-9-2-3-11(15)10(6-9)12(19)17-14(13(20)21)4-5-22-7-14/h2-3,6H,4-5,7H2,1H3,(H,16,18)(H,17,19)(H,20,21). The number of nitrogens with one attached hydrogen (secondary N) is 2. The minimum Gasteiger partial charge on any atom is -0.479 e. The van der Waals surface area contributed by atoms with Crippen LogP contribution in [0.4, 0.5) is 5.69 Å². The molecule has 6 nitrogen and oxygen atoms in total. The lowest BCUT2D eigenvalue weighted by molar-refractivity contribution is -0.143. The normalized spacial score (nSPS) is 20.5. The number of carbonyl (C=O) groups is 3. The minimum absolute atomic E-state index is 0.130. The first-order valence-electron chi connectivity index (χ1n) is 6.55. The minimum atomic E-state index is -1.27. The van der Waals surface area contributed by atoms with Crippen molar-refractivity contribution in [2.45, 2.75) is 18.9 Å². The van der Waals surface area contributed by atoms with Crippen LogP contribution >= 0.6 is 23.4 Å². The van der Waals surface area contributed by atoms with Crippen molar-refractivity contribution >= 4 is 46.8 Å². The molecule has 1 aromatic carbocycles. The smallest absolute Gasteiger partial charge is 0.330 e. The molecule has 2 rings (SSSR count). The van der Waals surface area contributed by atoms with Crippen molar-refractivity contribution in [3.63, 3.8) is 0 Å². The van der Waals surface area contributed by atoms with Crippen LogP contribution in [-0.2, 0) is 9.59 Å². The number of carboxylic acid groups (broad SMARTS) is 1. The van der Waals surface area contributed by atoms with Crippen LogP contribution in [0.2, 0.25) is 5.02 Å². The molecule has 1 heterocycles. The molecule has 0 saturated carbocycles. The number of carboxylic acids is 1.